The molecule has 1 aliphatic carbocycles. The SMILES string of the molecule is BC1(B)C(B)(B)C(B)(B)C(O)(C(CN(C)C)c2ccc(OC)cc2)C(B)(B)C1(B)B. The molecule has 1 N–H and O–H groups in total. The summed E-state index contributed by atoms with van der Waals surface area (Å²) in [5, 5.41) is 12.2. The van der Waals surface area contributed by atoms with E-state index in [-0.39, 0.29) is 32.0 Å². The average molecular weight is 396 g/mol. The molecule has 1 fully saturated rings. The lowest BCUT2D eigenvalue weighted by Gasteiger charge is -2.79. The maximum atomic E-state index is 13.1. The zero-order valence-electron chi connectivity index (χ0n) is 21.9. The number of rotatable bonds is 5. The monoisotopic (exact) mass is 397 g/mol. The molecule has 13 heteroatoms. The van der Waals surface area contributed by atoms with E-state index < -0.39 is 5.60 Å². The molecule has 1 aromatic carbocycles. The van der Waals surface area contributed by atoms with Crippen LogP contribution in [0.15, 0.2) is 24.3 Å². The van der Waals surface area contributed by atoms with Gasteiger partial charge in [-0.15, -0.1) is 5.21 Å². The fourth-order valence-electron chi connectivity index (χ4n) is 6.63. The summed E-state index contributed by atoms with van der Waals surface area (Å²) < 4.78 is 5.40. The number of likely N-dealkylation sites (N-methyl/N-ethyl adjacent to an activating group) is 1. The van der Waals surface area contributed by atoms with Crippen molar-refractivity contribution in [3.05, 3.63) is 29.8 Å². The van der Waals surface area contributed by atoms with Gasteiger partial charge < -0.3 is 14.7 Å². The molecule has 0 heterocycles. The number of hydrogen-bond acceptors (Lipinski definition) is 3. The third kappa shape index (κ3) is 3.08. The quantitative estimate of drug-likeness (QED) is 0.503. The zero-order valence-corrected chi connectivity index (χ0v) is 21.9. The van der Waals surface area contributed by atoms with Crippen LogP contribution in [0.1, 0.15) is 11.5 Å². The molecule has 30 heavy (non-hydrogen) atoms. The molecule has 1 aromatic rings. The Morgan fingerprint density at radius 1 is 0.767 bits per heavy atom. The predicted molar refractivity (Wildman–Crippen MR) is 158 cm³/mol. The van der Waals surface area contributed by atoms with Crippen LogP contribution < -0.4 is 4.74 Å². The highest BCUT2D eigenvalue weighted by Crippen LogP contribution is 2.83. The van der Waals surface area contributed by atoms with E-state index in [9.17, 15) is 5.11 Å². The van der Waals surface area contributed by atoms with Crippen LogP contribution in [0, 0.1) is 0 Å². The first-order chi connectivity index (χ1) is 13.3. The Morgan fingerprint density at radius 2 is 1.13 bits per heavy atom. The summed E-state index contributed by atoms with van der Waals surface area (Å²) in [6.45, 7) is 0.780. The Hall–Kier alpha value is -0.411. The van der Waals surface area contributed by atoms with Gasteiger partial charge in [0.1, 0.15) is 37.1 Å². The van der Waals surface area contributed by atoms with Gasteiger partial charge in [-0.05, 0) is 31.8 Å². The van der Waals surface area contributed by atoms with E-state index in [4.69, 9.17) is 4.74 Å². The van der Waals surface area contributed by atoms with E-state index in [0.29, 0.717) is 0 Å². The zero-order chi connectivity index (χ0) is 23.6. The first-order valence-corrected chi connectivity index (χ1v) is 11.4. The van der Waals surface area contributed by atoms with Crippen molar-refractivity contribution in [3.8, 4) is 5.75 Å². The Bertz CT molecular complexity index is 749. The lowest BCUT2D eigenvalue weighted by atomic mass is 8.99. The van der Waals surface area contributed by atoms with E-state index in [0.717, 1.165) is 12.3 Å². The maximum Gasteiger partial charge on any atom is 0.118 e. The van der Waals surface area contributed by atoms with Gasteiger partial charge in [0, 0.05) is 12.5 Å². The van der Waals surface area contributed by atoms with Crippen LogP contribution in [0.2, 0.25) is 26.1 Å². The van der Waals surface area contributed by atoms with Crippen molar-refractivity contribution in [1.29, 1.82) is 0 Å². The second-order valence-electron chi connectivity index (χ2n) is 12.5. The number of aliphatic hydroxyl groups is 1. The lowest BCUT2D eigenvalue weighted by molar-refractivity contribution is -0.0632. The van der Waals surface area contributed by atoms with Crippen LogP contribution in [0.4, 0.5) is 0 Å². The van der Waals surface area contributed by atoms with Gasteiger partial charge in [0.15, 0.2) is 0 Å². The van der Waals surface area contributed by atoms with Crippen LogP contribution in [0.25, 0.3) is 0 Å². The van der Waals surface area contributed by atoms with E-state index in [2.05, 4.69) is 110 Å². The molecule has 0 radical (unpaired) electrons. The number of hydrogen-bond donors (Lipinski definition) is 1. The Morgan fingerprint density at radius 3 is 1.47 bits per heavy atom. The molecule has 1 unspecified atom stereocenters. The molecule has 3 nitrogen and oxygen atoms in total. The van der Waals surface area contributed by atoms with Crippen molar-refractivity contribution in [2.45, 2.75) is 37.6 Å². The van der Waals surface area contributed by atoms with E-state index >= 15 is 0 Å². The van der Waals surface area contributed by atoms with Crippen molar-refractivity contribution in [1.82, 2.24) is 4.90 Å². The first kappa shape index (κ1) is 25.8. The molecule has 0 bridgehead atoms. The minimum absolute atomic E-state index is 0.0157. The second-order valence-corrected chi connectivity index (χ2v) is 12.5. The number of ether oxygens (including phenoxy) is 1. The molecule has 0 aromatic heterocycles. The second kappa shape index (κ2) is 7.58. The van der Waals surface area contributed by atoms with Gasteiger partial charge in [-0.25, -0.2) is 0 Å². The van der Waals surface area contributed by atoms with Crippen LogP contribution in [-0.4, -0.2) is 122 Å². The van der Waals surface area contributed by atoms with Gasteiger partial charge in [0.05, 0.1) is 59.8 Å². The third-order valence-corrected chi connectivity index (χ3v) is 10.7. The molecule has 1 aliphatic rings. The maximum absolute atomic E-state index is 13.1. The van der Waals surface area contributed by atoms with Gasteiger partial charge in [-0.2, -0.15) is 0 Å². The number of nitrogens with zero attached hydrogens (tertiary/aromatic N) is 1. The van der Waals surface area contributed by atoms with Crippen molar-refractivity contribution in [2.75, 3.05) is 27.7 Å². The van der Waals surface area contributed by atoms with E-state index in [1.54, 1.807) is 7.11 Å². The third-order valence-electron chi connectivity index (χ3n) is 10.7. The number of benzene rings is 1. The van der Waals surface area contributed by atoms with Crippen molar-refractivity contribution in [3.63, 3.8) is 0 Å². The normalized spacial score (nSPS) is 25.9. The Labute approximate surface area is 194 Å². The van der Waals surface area contributed by atoms with Gasteiger partial charge in [-0.3, -0.25) is 0 Å². The highest BCUT2D eigenvalue weighted by atomic mass is 16.5. The summed E-state index contributed by atoms with van der Waals surface area (Å²) in [7, 11) is 29.3. The fourth-order valence-corrected chi connectivity index (χ4v) is 6.63. The summed E-state index contributed by atoms with van der Waals surface area (Å²) in [6, 6.07) is 8.31. The molecule has 0 spiro atoms. The summed E-state index contributed by atoms with van der Waals surface area (Å²) in [5.74, 6) is 0.802. The topological polar surface area (TPSA) is 32.7 Å². The van der Waals surface area contributed by atoms with Crippen molar-refractivity contribution < 1.29 is 9.84 Å². The smallest absolute Gasteiger partial charge is 0.118 e. The molecular weight excluding hydrogens is 358 g/mol. The molecule has 0 saturated heterocycles. The summed E-state index contributed by atoms with van der Waals surface area (Å²) in [4.78, 5) is 2.21. The average Bonchev–Trinajstić information content (AvgIpc) is 2.63. The first-order valence-electron chi connectivity index (χ1n) is 11.4. The van der Waals surface area contributed by atoms with Crippen LogP contribution in [0.5, 0.6) is 5.75 Å². The molecule has 0 amide bonds. The summed E-state index contributed by atoms with van der Waals surface area (Å²) in [6.07, 6.45) is 0. The molecule has 152 valence electrons. The predicted octanol–water partition coefficient (Wildman–Crippen LogP) is -7.00. The fraction of sp³-hybridized carbons (Fsp3) is 0.647. The van der Waals surface area contributed by atoms with Crippen molar-refractivity contribution >= 4 is 78.5 Å². The van der Waals surface area contributed by atoms with E-state index in [1.807, 2.05) is 12.1 Å². The molecule has 1 saturated carbocycles. The highest BCUT2D eigenvalue weighted by molar-refractivity contribution is 6.70. The Kier molecular flexibility index (Phi) is 6.53. The molecular formula is C17H37B10NO2. The van der Waals surface area contributed by atoms with Crippen molar-refractivity contribution in [2.24, 2.45) is 0 Å². The van der Waals surface area contributed by atoms with Gasteiger partial charge >= 0.3 is 0 Å². The minimum atomic E-state index is -0.943. The van der Waals surface area contributed by atoms with Crippen LogP contribution in [-0.2, 0) is 0 Å². The lowest BCUT2D eigenvalue weighted by Crippen LogP contribution is -2.74. The van der Waals surface area contributed by atoms with Crippen LogP contribution >= 0.6 is 0 Å². The largest absolute Gasteiger partial charge is 0.497 e. The standard InChI is InChI=1S/C17H37B10NO2/c1-28(2)8-11(9-4-6-10(30-3)7-5-9)12(29)13(18,19)15(22,23)17(26,27)16(24,25)14(12,20)21/h4-7,11,29H,8,18-27H2,1-3H3. The van der Waals surface area contributed by atoms with Gasteiger partial charge in [0.2, 0.25) is 0 Å². The van der Waals surface area contributed by atoms with Gasteiger partial charge in [0.25, 0.3) is 0 Å². The molecule has 2 rings (SSSR count). The molecule has 1 atom stereocenters. The summed E-state index contributed by atoms with van der Waals surface area (Å²) in [5.41, 5.74) is 0.223. The Balaban J connectivity index is 2.87. The van der Waals surface area contributed by atoms with E-state index in [1.165, 1.54) is 5.56 Å². The number of methoxy groups -OCH3 is 1. The van der Waals surface area contributed by atoms with Crippen LogP contribution in [0.3, 0.4) is 0 Å². The summed E-state index contributed by atoms with van der Waals surface area (Å²) >= 11 is 0. The molecule has 0 aliphatic heterocycles. The van der Waals surface area contributed by atoms with Gasteiger partial charge in [-0.1, -0.05) is 33.0 Å². The minimum Gasteiger partial charge on any atom is -0.497 e. The highest BCUT2D eigenvalue weighted by Gasteiger charge is 2.74.